The highest BCUT2D eigenvalue weighted by Gasteiger charge is 2.30. The number of benzene rings is 1. The topological polar surface area (TPSA) is 44.8 Å². The number of hydrogen-bond donors (Lipinski definition) is 1. The summed E-state index contributed by atoms with van der Waals surface area (Å²) < 4.78 is 29.6. The van der Waals surface area contributed by atoms with E-state index in [1.54, 1.807) is 12.1 Å². The van der Waals surface area contributed by atoms with Gasteiger partial charge in [0.1, 0.15) is 5.75 Å². The van der Waals surface area contributed by atoms with Crippen LogP contribution in [0.15, 0.2) is 18.2 Å². The maximum atomic E-state index is 12.5. The van der Waals surface area contributed by atoms with Crippen molar-refractivity contribution >= 4 is 17.6 Å². The molecule has 3 rings (SSSR count). The van der Waals surface area contributed by atoms with Crippen LogP contribution < -0.4 is 10.1 Å². The molecular formula is C16H20ClF2N3O2. The molecule has 1 N–H and O–H groups in total. The molecule has 0 spiro atoms. The van der Waals surface area contributed by atoms with Crippen LogP contribution in [0.1, 0.15) is 18.4 Å². The van der Waals surface area contributed by atoms with Gasteiger partial charge in [-0.3, -0.25) is 4.90 Å². The number of hydrogen-bond acceptors (Lipinski definition) is 3. The summed E-state index contributed by atoms with van der Waals surface area (Å²) in [5.74, 6) is 0.162. The number of nitrogens with zero attached hydrogens (tertiary/aromatic N) is 2. The molecule has 0 unspecified atom stereocenters. The summed E-state index contributed by atoms with van der Waals surface area (Å²) in [5, 5.41) is 3.32. The molecule has 1 aromatic rings. The van der Waals surface area contributed by atoms with E-state index in [-0.39, 0.29) is 17.8 Å². The average molecular weight is 360 g/mol. The summed E-state index contributed by atoms with van der Waals surface area (Å²) in [6.45, 7) is 0.704. The number of urea groups is 1. The lowest BCUT2D eigenvalue weighted by Crippen LogP contribution is -2.45. The Bertz CT molecular complexity index is 595. The average Bonchev–Trinajstić information content (AvgIpc) is 2.96. The van der Waals surface area contributed by atoms with Gasteiger partial charge >= 0.3 is 12.6 Å². The standard InChI is InChI=1S/C16H20ClF2N3O2/c17-12-1-2-14(24-15(18)19)11(9-12)10-21-6-3-13(4-7-21)22-8-5-20-16(22)23/h1-2,9,13,15H,3-8,10H2,(H,20,23). The molecule has 0 aliphatic carbocycles. The molecule has 0 aromatic heterocycles. The number of carbonyl (C=O) groups is 1. The summed E-state index contributed by atoms with van der Waals surface area (Å²) in [7, 11) is 0. The number of rotatable bonds is 5. The van der Waals surface area contributed by atoms with Gasteiger partial charge in [0.25, 0.3) is 0 Å². The highest BCUT2D eigenvalue weighted by atomic mass is 35.5. The fraction of sp³-hybridized carbons (Fsp3) is 0.562. The fourth-order valence-electron chi connectivity index (χ4n) is 3.35. The molecule has 2 heterocycles. The van der Waals surface area contributed by atoms with E-state index >= 15 is 0 Å². The lowest BCUT2D eigenvalue weighted by molar-refractivity contribution is -0.0508. The Morgan fingerprint density at radius 2 is 2.04 bits per heavy atom. The number of piperidine rings is 1. The highest BCUT2D eigenvalue weighted by molar-refractivity contribution is 6.30. The number of likely N-dealkylation sites (tertiary alicyclic amines) is 1. The zero-order valence-electron chi connectivity index (χ0n) is 13.2. The van der Waals surface area contributed by atoms with Gasteiger partial charge < -0.3 is 15.0 Å². The van der Waals surface area contributed by atoms with Gasteiger partial charge in [0.05, 0.1) is 0 Å². The smallest absolute Gasteiger partial charge is 0.387 e. The molecule has 0 atom stereocenters. The SMILES string of the molecule is O=C1NCCN1C1CCN(Cc2cc(Cl)ccc2OC(F)F)CC1. The first-order valence-electron chi connectivity index (χ1n) is 8.03. The minimum Gasteiger partial charge on any atom is -0.434 e. The molecule has 1 aromatic carbocycles. The van der Waals surface area contributed by atoms with Crippen molar-refractivity contribution in [1.82, 2.24) is 15.1 Å². The number of amides is 2. The van der Waals surface area contributed by atoms with E-state index in [4.69, 9.17) is 11.6 Å². The van der Waals surface area contributed by atoms with Crippen molar-refractivity contribution in [1.29, 1.82) is 0 Å². The summed E-state index contributed by atoms with van der Waals surface area (Å²) >= 11 is 5.98. The van der Waals surface area contributed by atoms with Gasteiger partial charge in [0.15, 0.2) is 0 Å². The summed E-state index contributed by atoms with van der Waals surface area (Å²) in [6, 6.07) is 4.95. The van der Waals surface area contributed by atoms with Crippen LogP contribution in [0, 0.1) is 0 Å². The van der Waals surface area contributed by atoms with Gasteiger partial charge in [0, 0.05) is 49.4 Å². The second-order valence-corrected chi connectivity index (χ2v) is 6.50. The van der Waals surface area contributed by atoms with E-state index < -0.39 is 6.61 Å². The third-order valence-electron chi connectivity index (χ3n) is 4.52. The predicted molar refractivity (Wildman–Crippen MR) is 86.5 cm³/mol. The Kier molecular flexibility index (Phi) is 5.40. The minimum atomic E-state index is -2.86. The van der Waals surface area contributed by atoms with Crippen LogP contribution in [0.2, 0.25) is 5.02 Å². The van der Waals surface area contributed by atoms with Crippen molar-refractivity contribution < 1.29 is 18.3 Å². The van der Waals surface area contributed by atoms with Crippen LogP contribution in [0.3, 0.4) is 0 Å². The van der Waals surface area contributed by atoms with E-state index in [1.807, 2.05) is 4.90 Å². The van der Waals surface area contributed by atoms with Crippen molar-refractivity contribution in [2.24, 2.45) is 0 Å². The maximum Gasteiger partial charge on any atom is 0.387 e. The van der Waals surface area contributed by atoms with Crippen LogP contribution in [-0.4, -0.2) is 54.7 Å². The molecule has 5 nitrogen and oxygen atoms in total. The zero-order chi connectivity index (χ0) is 17.1. The first-order chi connectivity index (χ1) is 11.5. The minimum absolute atomic E-state index is 0.0101. The molecular weight excluding hydrogens is 340 g/mol. The van der Waals surface area contributed by atoms with Gasteiger partial charge in [-0.25, -0.2) is 4.79 Å². The third kappa shape index (κ3) is 4.08. The van der Waals surface area contributed by atoms with Crippen molar-refractivity contribution in [3.63, 3.8) is 0 Å². The second kappa shape index (κ2) is 7.53. The van der Waals surface area contributed by atoms with Crippen molar-refractivity contribution in [3.05, 3.63) is 28.8 Å². The molecule has 8 heteroatoms. The number of nitrogens with one attached hydrogen (secondary N) is 1. The monoisotopic (exact) mass is 359 g/mol. The van der Waals surface area contributed by atoms with Crippen molar-refractivity contribution in [2.45, 2.75) is 32.0 Å². The van der Waals surface area contributed by atoms with Gasteiger partial charge in [-0.05, 0) is 31.0 Å². The Morgan fingerprint density at radius 3 is 2.67 bits per heavy atom. The van der Waals surface area contributed by atoms with Gasteiger partial charge in [-0.2, -0.15) is 8.78 Å². The van der Waals surface area contributed by atoms with E-state index in [0.717, 1.165) is 32.5 Å². The van der Waals surface area contributed by atoms with Crippen LogP contribution in [0.5, 0.6) is 5.75 Å². The van der Waals surface area contributed by atoms with Crippen LogP contribution in [-0.2, 0) is 6.54 Å². The quantitative estimate of drug-likeness (QED) is 0.879. The molecule has 132 valence electrons. The molecule has 2 aliphatic heterocycles. The van der Waals surface area contributed by atoms with Gasteiger partial charge in [0.2, 0.25) is 0 Å². The van der Waals surface area contributed by atoms with Gasteiger partial charge in [-0.1, -0.05) is 11.6 Å². The van der Waals surface area contributed by atoms with Crippen molar-refractivity contribution in [2.75, 3.05) is 26.2 Å². The summed E-state index contributed by atoms with van der Waals surface area (Å²) in [5.41, 5.74) is 0.653. The highest BCUT2D eigenvalue weighted by Crippen LogP contribution is 2.27. The molecule has 24 heavy (non-hydrogen) atoms. The molecule has 0 radical (unpaired) electrons. The molecule has 0 bridgehead atoms. The maximum absolute atomic E-state index is 12.5. The third-order valence-corrected chi connectivity index (χ3v) is 4.76. The Labute approximate surface area is 144 Å². The molecule has 2 fully saturated rings. The van der Waals surface area contributed by atoms with Crippen LogP contribution in [0.4, 0.5) is 13.6 Å². The van der Waals surface area contributed by atoms with E-state index in [0.29, 0.717) is 23.7 Å². The number of alkyl halides is 2. The van der Waals surface area contributed by atoms with E-state index in [9.17, 15) is 13.6 Å². The van der Waals surface area contributed by atoms with E-state index in [2.05, 4.69) is 15.0 Å². The predicted octanol–water partition coefficient (Wildman–Crippen LogP) is 2.93. The molecule has 2 amide bonds. The lowest BCUT2D eigenvalue weighted by atomic mass is 10.0. The molecule has 2 saturated heterocycles. The molecule has 2 aliphatic rings. The summed E-state index contributed by atoms with van der Waals surface area (Å²) in [4.78, 5) is 15.8. The lowest BCUT2D eigenvalue weighted by Gasteiger charge is -2.36. The summed E-state index contributed by atoms with van der Waals surface area (Å²) in [6.07, 6.45) is 1.75. The zero-order valence-corrected chi connectivity index (χ0v) is 13.9. The number of ether oxygens (including phenoxy) is 1. The first-order valence-corrected chi connectivity index (χ1v) is 8.41. The normalized spacial score (nSPS) is 19.8. The van der Waals surface area contributed by atoms with Crippen molar-refractivity contribution in [3.8, 4) is 5.75 Å². The van der Waals surface area contributed by atoms with Gasteiger partial charge in [-0.15, -0.1) is 0 Å². The second-order valence-electron chi connectivity index (χ2n) is 6.06. The number of carbonyl (C=O) groups excluding carboxylic acids is 1. The van der Waals surface area contributed by atoms with Crippen LogP contribution >= 0.6 is 11.6 Å². The number of halogens is 3. The fourth-order valence-corrected chi connectivity index (χ4v) is 3.54. The molecule has 0 saturated carbocycles. The largest absolute Gasteiger partial charge is 0.434 e. The Hall–Kier alpha value is -1.60. The van der Waals surface area contributed by atoms with Crippen LogP contribution in [0.25, 0.3) is 0 Å². The Morgan fingerprint density at radius 1 is 1.29 bits per heavy atom. The first kappa shape index (κ1) is 17.2. The van der Waals surface area contributed by atoms with E-state index in [1.165, 1.54) is 6.07 Å². The Balaban J connectivity index is 1.59.